The first-order chi connectivity index (χ1) is 17.4. The number of allylic oxidation sites excluding steroid dienone is 1. The van der Waals surface area contributed by atoms with Gasteiger partial charge in [0.05, 0.1) is 17.3 Å². The van der Waals surface area contributed by atoms with Crippen molar-refractivity contribution in [2.45, 2.75) is 46.0 Å². The van der Waals surface area contributed by atoms with Crippen molar-refractivity contribution in [2.75, 3.05) is 16.8 Å². The zero-order chi connectivity index (χ0) is 26.9. The number of rotatable bonds is 3. The predicted molar refractivity (Wildman–Crippen MR) is 143 cm³/mol. The van der Waals surface area contributed by atoms with Crippen molar-refractivity contribution in [2.24, 2.45) is 11.1 Å². The van der Waals surface area contributed by atoms with E-state index in [1.54, 1.807) is 36.1 Å². The Bertz CT molecular complexity index is 1460. The highest BCUT2D eigenvalue weighted by atomic mass is 35.5. The van der Waals surface area contributed by atoms with E-state index < -0.39 is 22.7 Å². The van der Waals surface area contributed by atoms with E-state index in [-0.39, 0.29) is 35.8 Å². The Balaban J connectivity index is 1.95. The molecule has 0 radical (unpaired) electrons. The van der Waals surface area contributed by atoms with Crippen molar-refractivity contribution in [3.63, 3.8) is 0 Å². The van der Waals surface area contributed by atoms with Crippen LogP contribution in [0.25, 0.3) is 0 Å². The molecule has 1 amide bonds. The number of nitrogens with two attached hydrogens (primary N) is 1. The van der Waals surface area contributed by atoms with Crippen LogP contribution in [0.1, 0.15) is 44.7 Å². The molecule has 192 valence electrons. The van der Waals surface area contributed by atoms with E-state index in [9.17, 15) is 14.4 Å². The maximum atomic E-state index is 14.1. The number of hydrogen-bond acceptors (Lipinski definition) is 6. The van der Waals surface area contributed by atoms with Gasteiger partial charge in [-0.15, -0.1) is 0 Å². The van der Waals surface area contributed by atoms with Gasteiger partial charge >= 0.3 is 5.97 Å². The molecule has 5 rings (SSSR count). The summed E-state index contributed by atoms with van der Waals surface area (Å²) in [6.07, 6.45) is 0.596. The number of carbonyl (C=O) groups excluding carboxylic acids is 3. The SMILES string of the molecule is CCOC(=O)C1=C(N)N(c2cc(Cl)ccc2Cl)C2=C(C(=O)CC(C)(C)C2)C12C(=O)Nc1ccc(C)cc12. The number of anilines is 2. The van der Waals surface area contributed by atoms with Crippen molar-refractivity contribution in [3.8, 4) is 0 Å². The number of fused-ring (bicyclic) bond motifs is 3. The molecule has 3 aliphatic rings. The van der Waals surface area contributed by atoms with Crippen molar-refractivity contribution >= 4 is 52.2 Å². The van der Waals surface area contributed by atoms with Crippen LogP contribution < -0.4 is 16.0 Å². The van der Waals surface area contributed by atoms with E-state index in [0.29, 0.717) is 39.1 Å². The fraction of sp³-hybridized carbons (Fsp3) is 0.321. The number of aryl methyl sites for hydroxylation is 1. The summed E-state index contributed by atoms with van der Waals surface area (Å²) < 4.78 is 5.45. The van der Waals surface area contributed by atoms with Crippen LogP contribution in [-0.2, 0) is 24.5 Å². The van der Waals surface area contributed by atoms with E-state index in [4.69, 9.17) is 33.7 Å². The average Bonchev–Trinajstić information content (AvgIpc) is 3.06. The number of nitrogens with one attached hydrogen (secondary N) is 1. The summed E-state index contributed by atoms with van der Waals surface area (Å²) in [5.74, 6) is -1.57. The van der Waals surface area contributed by atoms with Gasteiger partial charge in [0.25, 0.3) is 0 Å². The number of hydrogen-bond donors (Lipinski definition) is 2. The standard InChI is InChI=1S/C28H27Cl2N3O4/c1-5-37-25(35)23-24(31)33(19-11-15(29)7-8-17(19)30)20-12-27(3,4)13-21(34)22(20)28(23)16-10-14(2)6-9-18(16)32-26(28)36/h6-11H,5,12-13,31H2,1-4H3,(H,32,36). The second kappa shape index (κ2) is 8.64. The second-order valence-corrected chi connectivity index (χ2v) is 11.3. The monoisotopic (exact) mass is 539 g/mol. The highest BCUT2D eigenvalue weighted by molar-refractivity contribution is 6.35. The highest BCUT2D eigenvalue weighted by Crippen LogP contribution is 2.58. The first-order valence-electron chi connectivity index (χ1n) is 12.0. The third-order valence-corrected chi connectivity index (χ3v) is 7.72. The van der Waals surface area contributed by atoms with Crippen LogP contribution in [0.2, 0.25) is 10.0 Å². The number of halogens is 2. The molecule has 2 aromatic carbocycles. The molecule has 0 saturated heterocycles. The Morgan fingerprint density at radius 3 is 2.57 bits per heavy atom. The van der Waals surface area contributed by atoms with Gasteiger partial charge in [-0.3, -0.25) is 14.5 Å². The second-order valence-electron chi connectivity index (χ2n) is 10.4. The lowest BCUT2D eigenvalue weighted by Gasteiger charge is -2.47. The van der Waals surface area contributed by atoms with E-state index in [1.807, 2.05) is 32.9 Å². The zero-order valence-corrected chi connectivity index (χ0v) is 22.5. The fourth-order valence-corrected chi connectivity index (χ4v) is 6.15. The van der Waals surface area contributed by atoms with E-state index >= 15 is 0 Å². The Morgan fingerprint density at radius 2 is 1.86 bits per heavy atom. The molecule has 0 bridgehead atoms. The molecule has 1 unspecified atom stereocenters. The number of amides is 1. The Kier molecular flexibility index (Phi) is 5.92. The molecule has 2 aromatic rings. The summed E-state index contributed by atoms with van der Waals surface area (Å²) in [5, 5.41) is 3.61. The molecule has 1 aliphatic carbocycles. The van der Waals surface area contributed by atoms with Crippen LogP contribution in [0.3, 0.4) is 0 Å². The molecule has 3 N–H and O–H groups in total. The quantitative estimate of drug-likeness (QED) is 0.507. The smallest absolute Gasteiger partial charge is 0.339 e. The van der Waals surface area contributed by atoms with Gasteiger partial charge < -0.3 is 15.8 Å². The minimum Gasteiger partial charge on any atom is -0.462 e. The first kappa shape index (κ1) is 25.4. The topological polar surface area (TPSA) is 102 Å². The lowest BCUT2D eigenvalue weighted by atomic mass is 9.60. The number of carbonyl (C=O) groups is 3. The van der Waals surface area contributed by atoms with E-state index in [2.05, 4.69) is 5.32 Å². The lowest BCUT2D eigenvalue weighted by molar-refractivity contribution is -0.140. The van der Waals surface area contributed by atoms with Crippen LogP contribution in [0.4, 0.5) is 11.4 Å². The molecule has 7 nitrogen and oxygen atoms in total. The maximum absolute atomic E-state index is 14.1. The molecule has 1 spiro atoms. The minimum atomic E-state index is -1.76. The Labute approximate surface area is 225 Å². The van der Waals surface area contributed by atoms with Gasteiger partial charge in [-0.05, 0) is 49.9 Å². The maximum Gasteiger partial charge on any atom is 0.339 e. The summed E-state index contributed by atoms with van der Waals surface area (Å²) in [5.41, 5.74) is 7.54. The van der Waals surface area contributed by atoms with Gasteiger partial charge in [0.2, 0.25) is 5.91 Å². The lowest BCUT2D eigenvalue weighted by Crippen LogP contribution is -2.54. The Hall–Kier alpha value is -3.29. The largest absolute Gasteiger partial charge is 0.462 e. The molecular weight excluding hydrogens is 513 g/mol. The number of esters is 1. The van der Waals surface area contributed by atoms with Gasteiger partial charge in [-0.1, -0.05) is 54.7 Å². The third kappa shape index (κ3) is 3.67. The molecule has 2 aliphatic heterocycles. The normalized spacial score (nSPS) is 22.3. The van der Waals surface area contributed by atoms with Crippen LogP contribution >= 0.6 is 23.2 Å². The molecule has 2 heterocycles. The summed E-state index contributed by atoms with van der Waals surface area (Å²) >= 11 is 13.0. The molecule has 0 aromatic heterocycles. The van der Waals surface area contributed by atoms with Crippen molar-refractivity contribution in [1.82, 2.24) is 0 Å². The number of nitrogens with zero attached hydrogens (tertiary/aromatic N) is 1. The predicted octanol–water partition coefficient (Wildman–Crippen LogP) is 5.39. The number of ether oxygens (including phenoxy) is 1. The van der Waals surface area contributed by atoms with E-state index in [0.717, 1.165) is 5.56 Å². The zero-order valence-electron chi connectivity index (χ0n) is 21.0. The minimum absolute atomic E-state index is 0.0311. The van der Waals surface area contributed by atoms with Crippen LogP contribution in [0.5, 0.6) is 0 Å². The summed E-state index contributed by atoms with van der Waals surface area (Å²) in [7, 11) is 0. The van der Waals surface area contributed by atoms with Gasteiger partial charge in [-0.25, -0.2) is 4.79 Å². The number of benzene rings is 2. The fourth-order valence-electron chi connectivity index (χ4n) is 5.78. The van der Waals surface area contributed by atoms with Crippen LogP contribution in [-0.4, -0.2) is 24.3 Å². The molecule has 1 atom stereocenters. The van der Waals surface area contributed by atoms with Crippen molar-refractivity contribution < 1.29 is 19.1 Å². The number of Topliss-reactive ketones (excluding diaryl/α,β-unsaturated/α-hetero) is 1. The molecule has 9 heteroatoms. The summed E-state index contributed by atoms with van der Waals surface area (Å²) in [4.78, 5) is 43.4. The van der Waals surface area contributed by atoms with Crippen LogP contribution in [0.15, 0.2) is 59.1 Å². The molecule has 0 fully saturated rings. The third-order valence-electron chi connectivity index (χ3n) is 7.17. The molecular formula is C28H27Cl2N3O4. The van der Waals surface area contributed by atoms with Gasteiger partial charge in [0.1, 0.15) is 16.8 Å². The van der Waals surface area contributed by atoms with Crippen molar-refractivity contribution in [3.05, 3.63) is 80.2 Å². The van der Waals surface area contributed by atoms with Crippen LogP contribution in [0, 0.1) is 12.3 Å². The Morgan fingerprint density at radius 1 is 1.14 bits per heavy atom. The van der Waals surface area contributed by atoms with Crippen molar-refractivity contribution in [1.29, 1.82) is 0 Å². The van der Waals surface area contributed by atoms with Gasteiger partial charge in [-0.2, -0.15) is 0 Å². The van der Waals surface area contributed by atoms with E-state index in [1.165, 1.54) is 0 Å². The highest BCUT2D eigenvalue weighted by Gasteiger charge is 2.63. The summed E-state index contributed by atoms with van der Waals surface area (Å²) in [6.45, 7) is 7.57. The van der Waals surface area contributed by atoms with Gasteiger partial charge in [0, 0.05) is 34.0 Å². The first-order valence-corrected chi connectivity index (χ1v) is 12.8. The number of ketones is 1. The average molecular weight is 540 g/mol. The molecule has 37 heavy (non-hydrogen) atoms. The summed E-state index contributed by atoms with van der Waals surface area (Å²) in [6, 6.07) is 10.3. The van der Waals surface area contributed by atoms with Gasteiger partial charge in [0.15, 0.2) is 5.78 Å². The molecule has 0 saturated carbocycles.